The second-order valence-electron chi connectivity index (χ2n) is 4.11. The zero-order chi connectivity index (χ0) is 12.5. The number of aliphatic hydroxyl groups is 1. The largest absolute Gasteiger partial charge is 0.379 e. The third kappa shape index (κ3) is 2.21. The first kappa shape index (κ1) is 12.1. The molecule has 17 heavy (non-hydrogen) atoms. The first-order valence-corrected chi connectivity index (χ1v) is 5.94. The summed E-state index contributed by atoms with van der Waals surface area (Å²) in [5.74, 6) is 0. The molecule has 1 unspecified atom stereocenters. The van der Waals surface area contributed by atoms with Crippen molar-refractivity contribution in [1.82, 2.24) is 9.78 Å². The van der Waals surface area contributed by atoms with Crippen LogP contribution in [0.2, 0.25) is 5.02 Å². The van der Waals surface area contributed by atoms with E-state index in [0.717, 1.165) is 17.8 Å². The standard InChI is InChI=1S/C13H15ClN2O/c1-3-16-12(7-8-15-16)13(2,17)10-5-4-6-11(14)9-10/h4-9,17H,3H2,1-2H3. The quantitative estimate of drug-likeness (QED) is 0.910. The number of halogens is 1. The predicted octanol–water partition coefficient (Wildman–Crippen LogP) is 2.81. The average molecular weight is 251 g/mol. The van der Waals surface area contributed by atoms with E-state index in [0.29, 0.717) is 5.02 Å². The minimum atomic E-state index is -1.09. The van der Waals surface area contributed by atoms with E-state index in [1.165, 1.54) is 0 Å². The Labute approximate surface area is 106 Å². The topological polar surface area (TPSA) is 38.0 Å². The predicted molar refractivity (Wildman–Crippen MR) is 68.0 cm³/mol. The van der Waals surface area contributed by atoms with Crippen LogP contribution in [0.15, 0.2) is 36.5 Å². The van der Waals surface area contributed by atoms with Crippen LogP contribution >= 0.6 is 11.6 Å². The van der Waals surface area contributed by atoms with E-state index < -0.39 is 5.60 Å². The Hall–Kier alpha value is -1.32. The van der Waals surface area contributed by atoms with E-state index in [1.807, 2.05) is 25.1 Å². The molecule has 90 valence electrons. The minimum Gasteiger partial charge on any atom is -0.379 e. The van der Waals surface area contributed by atoms with Crippen LogP contribution in [-0.4, -0.2) is 14.9 Å². The van der Waals surface area contributed by atoms with Gasteiger partial charge < -0.3 is 5.11 Å². The first-order chi connectivity index (χ1) is 8.05. The van der Waals surface area contributed by atoms with Crippen molar-refractivity contribution in [1.29, 1.82) is 0 Å². The van der Waals surface area contributed by atoms with Crippen LogP contribution in [0.3, 0.4) is 0 Å². The van der Waals surface area contributed by atoms with Gasteiger partial charge in [-0.2, -0.15) is 5.10 Å². The lowest BCUT2D eigenvalue weighted by Gasteiger charge is -2.25. The lowest BCUT2D eigenvalue weighted by Crippen LogP contribution is -2.26. The molecule has 0 saturated heterocycles. The molecule has 0 spiro atoms. The Morgan fingerprint density at radius 2 is 2.18 bits per heavy atom. The van der Waals surface area contributed by atoms with Crippen molar-refractivity contribution in [2.45, 2.75) is 26.0 Å². The second kappa shape index (κ2) is 4.51. The number of aromatic nitrogens is 2. The van der Waals surface area contributed by atoms with Gasteiger partial charge in [-0.25, -0.2) is 0 Å². The number of rotatable bonds is 3. The highest BCUT2D eigenvalue weighted by molar-refractivity contribution is 6.30. The van der Waals surface area contributed by atoms with Crippen molar-refractivity contribution >= 4 is 11.6 Å². The van der Waals surface area contributed by atoms with Crippen LogP contribution in [0.25, 0.3) is 0 Å². The number of benzene rings is 1. The molecule has 4 heteroatoms. The van der Waals surface area contributed by atoms with E-state index in [9.17, 15) is 5.11 Å². The molecule has 0 aliphatic rings. The fraction of sp³-hybridized carbons (Fsp3) is 0.308. The fourth-order valence-corrected chi connectivity index (χ4v) is 2.13. The Morgan fingerprint density at radius 1 is 1.41 bits per heavy atom. The summed E-state index contributed by atoms with van der Waals surface area (Å²) in [4.78, 5) is 0. The minimum absolute atomic E-state index is 0.616. The molecule has 1 heterocycles. The molecular weight excluding hydrogens is 236 g/mol. The van der Waals surface area contributed by atoms with Crippen molar-refractivity contribution in [2.24, 2.45) is 0 Å². The monoisotopic (exact) mass is 250 g/mol. The normalized spacial score (nSPS) is 14.6. The Kier molecular flexibility index (Phi) is 3.22. The van der Waals surface area contributed by atoms with Crippen molar-refractivity contribution in [3.05, 3.63) is 52.8 Å². The Bertz CT molecular complexity index is 520. The summed E-state index contributed by atoms with van der Waals surface area (Å²) in [5.41, 5.74) is 0.444. The maximum Gasteiger partial charge on any atom is 0.128 e. The Morgan fingerprint density at radius 3 is 2.82 bits per heavy atom. The third-order valence-electron chi connectivity index (χ3n) is 2.90. The van der Waals surface area contributed by atoms with E-state index in [-0.39, 0.29) is 0 Å². The van der Waals surface area contributed by atoms with Crippen LogP contribution in [0.1, 0.15) is 25.1 Å². The maximum atomic E-state index is 10.7. The number of hydrogen-bond donors (Lipinski definition) is 1. The van der Waals surface area contributed by atoms with Crippen LogP contribution < -0.4 is 0 Å². The fourth-order valence-electron chi connectivity index (χ4n) is 1.94. The van der Waals surface area contributed by atoms with Gasteiger partial charge in [0.25, 0.3) is 0 Å². The van der Waals surface area contributed by atoms with Gasteiger partial charge in [0.05, 0.1) is 5.69 Å². The number of aryl methyl sites for hydroxylation is 1. The van der Waals surface area contributed by atoms with Crippen LogP contribution in [0.5, 0.6) is 0 Å². The molecule has 0 aliphatic carbocycles. The summed E-state index contributed by atoms with van der Waals surface area (Å²) in [5, 5.41) is 15.5. The second-order valence-corrected chi connectivity index (χ2v) is 4.55. The van der Waals surface area contributed by atoms with Crippen LogP contribution in [0.4, 0.5) is 0 Å². The molecule has 1 aromatic heterocycles. The molecule has 3 nitrogen and oxygen atoms in total. The van der Waals surface area contributed by atoms with Crippen LogP contribution in [-0.2, 0) is 12.1 Å². The van der Waals surface area contributed by atoms with Gasteiger partial charge in [-0.15, -0.1) is 0 Å². The van der Waals surface area contributed by atoms with Gasteiger partial charge in [-0.05, 0) is 37.6 Å². The molecular formula is C13H15ClN2O. The lowest BCUT2D eigenvalue weighted by atomic mass is 9.92. The van der Waals surface area contributed by atoms with E-state index >= 15 is 0 Å². The third-order valence-corrected chi connectivity index (χ3v) is 3.14. The molecule has 0 amide bonds. The SMILES string of the molecule is CCn1nccc1C(C)(O)c1cccc(Cl)c1. The highest BCUT2D eigenvalue weighted by Gasteiger charge is 2.29. The summed E-state index contributed by atoms with van der Waals surface area (Å²) in [6.45, 7) is 4.46. The smallest absolute Gasteiger partial charge is 0.128 e. The van der Waals surface area contributed by atoms with E-state index in [1.54, 1.807) is 29.9 Å². The molecule has 0 bridgehead atoms. The van der Waals surface area contributed by atoms with Crippen molar-refractivity contribution in [3.8, 4) is 0 Å². The van der Waals surface area contributed by atoms with E-state index in [2.05, 4.69) is 5.10 Å². The molecule has 1 aromatic carbocycles. The maximum absolute atomic E-state index is 10.7. The first-order valence-electron chi connectivity index (χ1n) is 5.56. The Balaban J connectivity index is 2.49. The molecule has 1 N–H and O–H groups in total. The van der Waals surface area contributed by atoms with Crippen molar-refractivity contribution in [3.63, 3.8) is 0 Å². The van der Waals surface area contributed by atoms with Gasteiger partial charge in [-0.1, -0.05) is 23.7 Å². The van der Waals surface area contributed by atoms with Gasteiger partial charge in [0, 0.05) is 17.8 Å². The number of hydrogen-bond acceptors (Lipinski definition) is 2. The molecule has 0 saturated carbocycles. The zero-order valence-corrected chi connectivity index (χ0v) is 10.6. The zero-order valence-electron chi connectivity index (χ0n) is 9.89. The molecule has 0 radical (unpaired) electrons. The van der Waals surface area contributed by atoms with Crippen LogP contribution in [0, 0.1) is 0 Å². The van der Waals surface area contributed by atoms with Gasteiger partial charge in [-0.3, -0.25) is 4.68 Å². The van der Waals surface area contributed by atoms with Gasteiger partial charge >= 0.3 is 0 Å². The summed E-state index contributed by atoms with van der Waals surface area (Å²) in [7, 11) is 0. The van der Waals surface area contributed by atoms with E-state index in [4.69, 9.17) is 11.6 Å². The molecule has 0 fully saturated rings. The van der Waals surface area contributed by atoms with Gasteiger partial charge in [0.15, 0.2) is 0 Å². The summed E-state index contributed by atoms with van der Waals surface area (Å²) in [6, 6.07) is 9.08. The summed E-state index contributed by atoms with van der Waals surface area (Å²) >= 11 is 5.95. The molecule has 2 aromatic rings. The average Bonchev–Trinajstić information content (AvgIpc) is 2.77. The van der Waals surface area contributed by atoms with Crippen molar-refractivity contribution in [2.75, 3.05) is 0 Å². The highest BCUT2D eigenvalue weighted by atomic mass is 35.5. The lowest BCUT2D eigenvalue weighted by molar-refractivity contribution is 0.0918. The van der Waals surface area contributed by atoms with Gasteiger partial charge in [0.2, 0.25) is 0 Å². The molecule has 0 aliphatic heterocycles. The highest BCUT2D eigenvalue weighted by Crippen LogP contribution is 2.30. The summed E-state index contributed by atoms with van der Waals surface area (Å²) in [6.07, 6.45) is 1.69. The number of nitrogens with zero attached hydrogens (tertiary/aromatic N) is 2. The summed E-state index contributed by atoms with van der Waals surface area (Å²) < 4.78 is 1.78. The molecule has 1 atom stereocenters. The van der Waals surface area contributed by atoms with Crippen molar-refractivity contribution < 1.29 is 5.11 Å². The van der Waals surface area contributed by atoms with Gasteiger partial charge in [0.1, 0.15) is 5.60 Å². The molecule has 2 rings (SSSR count).